The van der Waals surface area contributed by atoms with Crippen LogP contribution in [0.25, 0.3) is 10.8 Å². The number of thiocarbonyl (C=S) groups is 1. The zero-order chi connectivity index (χ0) is 20.1. The third kappa shape index (κ3) is 4.98. The maximum Gasteiger partial charge on any atom is 0.271 e. The Kier molecular flexibility index (Phi) is 6.46. The fourth-order valence-electron chi connectivity index (χ4n) is 2.68. The van der Waals surface area contributed by atoms with Gasteiger partial charge in [-0.05, 0) is 46.8 Å². The molecule has 0 aliphatic carbocycles. The summed E-state index contributed by atoms with van der Waals surface area (Å²) < 4.78 is 0. The van der Waals surface area contributed by atoms with E-state index < -0.39 is 5.91 Å². The normalized spacial score (nSPS) is 10.4. The van der Waals surface area contributed by atoms with Crippen LogP contribution in [-0.2, 0) is 11.2 Å². The largest absolute Gasteiger partial charge is 0.302 e. The van der Waals surface area contributed by atoms with Gasteiger partial charge in [0.15, 0.2) is 5.11 Å². The van der Waals surface area contributed by atoms with Crippen LogP contribution in [-0.4, -0.2) is 16.9 Å². The highest BCUT2D eigenvalue weighted by atomic mass is 35.5. The van der Waals surface area contributed by atoms with Crippen molar-refractivity contribution in [3.8, 4) is 0 Å². The van der Waals surface area contributed by atoms with E-state index in [9.17, 15) is 9.59 Å². The first-order chi connectivity index (χ1) is 13.4. The molecular weight excluding hydrogens is 417 g/mol. The molecule has 0 saturated carbocycles. The molecule has 142 valence electrons. The maximum atomic E-state index is 12.3. The summed E-state index contributed by atoms with van der Waals surface area (Å²) in [5.74, 6) is -0.806. The van der Waals surface area contributed by atoms with Crippen molar-refractivity contribution in [2.75, 3.05) is 0 Å². The second-order valence-electron chi connectivity index (χ2n) is 5.90. The van der Waals surface area contributed by atoms with Crippen LogP contribution in [0, 0.1) is 0 Å². The lowest BCUT2D eigenvalue weighted by Gasteiger charge is -2.12. The van der Waals surface area contributed by atoms with E-state index in [1.165, 1.54) is 12.1 Å². The molecule has 0 unspecified atom stereocenters. The minimum Gasteiger partial charge on any atom is -0.302 e. The van der Waals surface area contributed by atoms with Crippen molar-refractivity contribution in [2.24, 2.45) is 0 Å². The second kappa shape index (κ2) is 9.01. The van der Waals surface area contributed by atoms with E-state index in [0.717, 1.165) is 16.3 Å². The zero-order valence-electron chi connectivity index (χ0n) is 14.5. The van der Waals surface area contributed by atoms with Crippen molar-refractivity contribution >= 4 is 63.1 Å². The summed E-state index contributed by atoms with van der Waals surface area (Å²) in [4.78, 5) is 24.4. The summed E-state index contributed by atoms with van der Waals surface area (Å²) >= 11 is 16.8. The van der Waals surface area contributed by atoms with Gasteiger partial charge in [0.25, 0.3) is 5.91 Å². The highest BCUT2D eigenvalue weighted by Crippen LogP contribution is 2.21. The molecule has 0 aromatic heterocycles. The number of nitrogens with one attached hydrogen (secondary N) is 3. The van der Waals surface area contributed by atoms with Crippen LogP contribution in [0.5, 0.6) is 0 Å². The van der Waals surface area contributed by atoms with Crippen LogP contribution in [0.2, 0.25) is 10.0 Å². The summed E-state index contributed by atoms with van der Waals surface area (Å²) in [6, 6.07) is 18.1. The van der Waals surface area contributed by atoms with Gasteiger partial charge in [0.05, 0.1) is 17.0 Å². The molecule has 0 spiro atoms. The van der Waals surface area contributed by atoms with Crippen molar-refractivity contribution in [3.05, 3.63) is 81.8 Å². The summed E-state index contributed by atoms with van der Waals surface area (Å²) in [6.07, 6.45) is 0.153. The molecule has 3 aromatic carbocycles. The number of amides is 2. The third-order valence-corrected chi connectivity index (χ3v) is 4.70. The molecule has 2 amide bonds. The Labute approximate surface area is 177 Å². The lowest BCUT2D eigenvalue weighted by molar-refractivity contribution is -0.119. The Morgan fingerprint density at radius 2 is 1.68 bits per heavy atom. The minimum absolute atomic E-state index is 0.0244. The number of hydrogen-bond donors (Lipinski definition) is 3. The Morgan fingerprint density at radius 3 is 2.46 bits per heavy atom. The Hall–Kier alpha value is -2.67. The molecule has 0 aliphatic rings. The second-order valence-corrected chi connectivity index (χ2v) is 7.15. The van der Waals surface area contributed by atoms with Crippen LogP contribution < -0.4 is 16.2 Å². The Balaban J connectivity index is 1.56. The molecule has 3 aromatic rings. The van der Waals surface area contributed by atoms with Crippen LogP contribution in [0.3, 0.4) is 0 Å². The maximum absolute atomic E-state index is 12.3. The molecule has 0 bridgehead atoms. The average Bonchev–Trinajstić information content (AvgIpc) is 2.66. The van der Waals surface area contributed by atoms with E-state index >= 15 is 0 Å². The third-order valence-electron chi connectivity index (χ3n) is 3.95. The smallest absolute Gasteiger partial charge is 0.271 e. The number of halogens is 2. The summed E-state index contributed by atoms with van der Waals surface area (Å²) in [5, 5.41) is 5.20. The van der Waals surface area contributed by atoms with Gasteiger partial charge in [-0.25, -0.2) is 0 Å². The number of hydrazine groups is 1. The first-order valence-electron chi connectivity index (χ1n) is 8.26. The number of rotatable bonds is 3. The molecular formula is C20H15Cl2N3O2S. The lowest BCUT2D eigenvalue weighted by Crippen LogP contribution is -2.48. The van der Waals surface area contributed by atoms with Gasteiger partial charge in [0.2, 0.25) is 5.91 Å². The molecule has 0 aliphatic heterocycles. The molecule has 8 heteroatoms. The number of fused-ring (bicyclic) bond motifs is 1. The molecule has 3 N–H and O–H groups in total. The van der Waals surface area contributed by atoms with Gasteiger partial charge in [-0.15, -0.1) is 0 Å². The number of benzene rings is 3. The van der Waals surface area contributed by atoms with Gasteiger partial charge in [0.1, 0.15) is 0 Å². The highest BCUT2D eigenvalue weighted by Gasteiger charge is 2.12. The van der Waals surface area contributed by atoms with E-state index in [1.54, 1.807) is 6.07 Å². The quantitative estimate of drug-likeness (QED) is 0.432. The number of carbonyl (C=O) groups excluding carboxylic acids is 2. The lowest BCUT2D eigenvalue weighted by atomic mass is 10.0. The fourth-order valence-corrected chi connectivity index (χ4v) is 3.34. The van der Waals surface area contributed by atoms with Gasteiger partial charge in [-0.1, -0.05) is 65.7 Å². The number of hydrogen-bond acceptors (Lipinski definition) is 3. The summed E-state index contributed by atoms with van der Waals surface area (Å²) in [7, 11) is 0. The Bertz CT molecular complexity index is 1070. The van der Waals surface area contributed by atoms with Gasteiger partial charge in [0, 0.05) is 5.02 Å². The van der Waals surface area contributed by atoms with Crippen molar-refractivity contribution in [1.82, 2.24) is 16.2 Å². The van der Waals surface area contributed by atoms with E-state index in [1.807, 2.05) is 42.5 Å². The monoisotopic (exact) mass is 431 g/mol. The molecule has 0 saturated heterocycles. The summed E-state index contributed by atoms with van der Waals surface area (Å²) in [5.41, 5.74) is 5.98. The van der Waals surface area contributed by atoms with Gasteiger partial charge in [-0.3, -0.25) is 20.4 Å². The van der Waals surface area contributed by atoms with Crippen LogP contribution >= 0.6 is 35.4 Å². The SMILES string of the molecule is O=C(Cc1cccc2ccccc12)NC(=S)NNC(=O)c1ccc(Cl)cc1Cl. The molecule has 0 radical (unpaired) electrons. The van der Waals surface area contributed by atoms with Crippen LogP contribution in [0.15, 0.2) is 60.7 Å². The van der Waals surface area contributed by atoms with Gasteiger partial charge < -0.3 is 5.32 Å². The summed E-state index contributed by atoms with van der Waals surface area (Å²) in [6.45, 7) is 0. The Morgan fingerprint density at radius 1 is 0.929 bits per heavy atom. The van der Waals surface area contributed by atoms with Crippen LogP contribution in [0.1, 0.15) is 15.9 Å². The van der Waals surface area contributed by atoms with Crippen molar-refractivity contribution < 1.29 is 9.59 Å². The number of carbonyl (C=O) groups is 2. The predicted octanol–water partition coefficient (Wildman–Crippen LogP) is 4.02. The predicted molar refractivity (Wildman–Crippen MR) is 115 cm³/mol. The van der Waals surface area contributed by atoms with Gasteiger partial charge in [-0.2, -0.15) is 0 Å². The van der Waals surface area contributed by atoms with Crippen molar-refractivity contribution in [3.63, 3.8) is 0 Å². The fraction of sp³-hybridized carbons (Fsp3) is 0.0500. The standard InChI is InChI=1S/C20H15Cl2N3O2S/c21-14-8-9-16(17(22)11-14)19(27)24-25-20(28)23-18(26)10-13-6-3-5-12-4-1-2-7-15(12)13/h1-9,11H,10H2,(H,24,27)(H2,23,25,26,28). The molecule has 28 heavy (non-hydrogen) atoms. The van der Waals surface area contributed by atoms with Crippen molar-refractivity contribution in [1.29, 1.82) is 0 Å². The molecule has 3 rings (SSSR count). The van der Waals surface area contributed by atoms with E-state index in [-0.39, 0.29) is 28.0 Å². The topological polar surface area (TPSA) is 70.2 Å². The van der Waals surface area contributed by atoms with Gasteiger partial charge >= 0.3 is 0 Å². The van der Waals surface area contributed by atoms with Crippen molar-refractivity contribution in [2.45, 2.75) is 6.42 Å². The first kappa shape index (κ1) is 20.1. The van der Waals surface area contributed by atoms with Crippen LogP contribution in [0.4, 0.5) is 0 Å². The van der Waals surface area contributed by atoms with E-state index in [2.05, 4.69) is 16.2 Å². The molecule has 5 nitrogen and oxygen atoms in total. The highest BCUT2D eigenvalue weighted by molar-refractivity contribution is 7.80. The molecule has 0 heterocycles. The minimum atomic E-state index is -0.507. The molecule has 0 fully saturated rings. The average molecular weight is 432 g/mol. The zero-order valence-corrected chi connectivity index (χ0v) is 16.8. The first-order valence-corrected chi connectivity index (χ1v) is 9.42. The molecule has 0 atom stereocenters. The van der Waals surface area contributed by atoms with E-state index in [4.69, 9.17) is 35.4 Å². The van der Waals surface area contributed by atoms with E-state index in [0.29, 0.717) is 5.02 Å².